The van der Waals surface area contributed by atoms with Crippen LogP contribution in [0.25, 0.3) is 0 Å². The van der Waals surface area contributed by atoms with Crippen LogP contribution in [0, 0.1) is 34.9 Å². The molecule has 8 atom stereocenters. The number of nitrogens with two attached hydrogens (primary N) is 1. The molecule has 0 spiro atoms. The number of fused-ring (bicyclic) bond motifs is 8. The minimum absolute atomic E-state index is 0. The minimum atomic E-state index is -1.62. The Hall–Kier alpha value is -13.6. The second-order valence-corrected chi connectivity index (χ2v) is 33.1. The van der Waals surface area contributed by atoms with Crippen LogP contribution in [0.15, 0.2) is 201 Å². The number of aromatic nitrogens is 2. The van der Waals surface area contributed by atoms with Gasteiger partial charge < -0.3 is 94.2 Å². The molecule has 14 rings (SSSR count). The van der Waals surface area contributed by atoms with Crippen LogP contribution < -0.4 is 97.6 Å². The summed E-state index contributed by atoms with van der Waals surface area (Å²) in [6, 6.07) is 26.9. The molecule has 43 heteroatoms. The van der Waals surface area contributed by atoms with Gasteiger partial charge in [0.2, 0.25) is 22.0 Å². The van der Waals surface area contributed by atoms with E-state index in [0.29, 0.717) is 69.4 Å². The van der Waals surface area contributed by atoms with E-state index >= 15 is 0 Å². The summed E-state index contributed by atoms with van der Waals surface area (Å²) in [4.78, 5) is 170. The maximum Gasteiger partial charge on any atom is 1.00 e. The van der Waals surface area contributed by atoms with E-state index in [4.69, 9.17) is 51.6 Å². The first-order chi connectivity index (χ1) is 68.1. The van der Waals surface area contributed by atoms with Gasteiger partial charge in [-0.05, 0) is 102 Å². The predicted molar refractivity (Wildman–Crippen MR) is 502 cm³/mol. The van der Waals surface area contributed by atoms with E-state index in [1.807, 2.05) is 120 Å². The molecular formula is C100H112F6N11NaO24Se. The Kier molecular flexibility index (Phi) is 48.3. The molecule has 0 fully saturated rings. The van der Waals surface area contributed by atoms with Crippen LogP contribution in [0.2, 0.25) is 0 Å². The molecule has 5 aromatic carbocycles. The van der Waals surface area contributed by atoms with Gasteiger partial charge in [-0.15, -0.1) is 0 Å². The zero-order valence-electron chi connectivity index (χ0n) is 80.2. The topological polar surface area (TPSA) is 463 Å². The van der Waals surface area contributed by atoms with Crippen molar-refractivity contribution in [3.05, 3.63) is 310 Å². The number of benzene rings is 5. The number of hydrogen-bond acceptors (Lipinski definition) is 26. The van der Waals surface area contributed by atoms with Gasteiger partial charge in [0, 0.05) is 117 Å². The maximum absolute atomic E-state index is 14.0. The van der Waals surface area contributed by atoms with Crippen molar-refractivity contribution >= 4 is 74.8 Å². The van der Waals surface area contributed by atoms with Gasteiger partial charge in [-0.3, -0.25) is 52.8 Å². The number of carbonyl (C=O) groups is 10. The van der Waals surface area contributed by atoms with Crippen LogP contribution in [0.5, 0.6) is 17.2 Å². The summed E-state index contributed by atoms with van der Waals surface area (Å²) in [5.74, 6) is -10.4. The number of nitrogens with zero attached hydrogens (tertiary/aromatic N) is 5. The molecule has 35 nitrogen and oxygen atoms in total. The van der Waals surface area contributed by atoms with Crippen LogP contribution in [0.1, 0.15) is 209 Å². The Morgan fingerprint density at radius 1 is 0.552 bits per heavy atom. The van der Waals surface area contributed by atoms with Crippen LogP contribution in [-0.4, -0.2) is 188 Å². The second kappa shape index (κ2) is 59.3. The molecule has 8 aromatic rings. The summed E-state index contributed by atoms with van der Waals surface area (Å²) in [6.07, 6.45) is 24.2. The van der Waals surface area contributed by atoms with Crippen LogP contribution in [0.4, 0.5) is 35.9 Å². The number of ketones is 1. The number of ether oxygens (including phenoxy) is 6. The fraction of sp³-hybridized carbons (Fsp3) is 0.370. The van der Waals surface area contributed by atoms with Gasteiger partial charge in [0.25, 0.3) is 41.8 Å². The third-order valence-electron chi connectivity index (χ3n) is 22.5. The summed E-state index contributed by atoms with van der Waals surface area (Å²) in [5, 5.41) is 21.9. The van der Waals surface area contributed by atoms with Crippen LogP contribution in [0.3, 0.4) is 0 Å². The second-order valence-electron chi connectivity index (χ2n) is 32.8. The van der Waals surface area contributed by atoms with Crippen LogP contribution in [-0.2, 0) is 69.2 Å². The SMILES string of the molecule is CCCCOc1c(C(=O)OC)occ(C(=O)NCc2ccc(F)cc2F)c1=O.CCCCOc1c2n(cc(C(=O)NCc3ccc(F)cc3F)c1=O)[C@@H]1CN(C2=O)[C@@H](C)C=CC1=O.CCCCOc1c2n(cc(C(=O)NCc3ccc(F)cc3F)c1=O)[C@H]1CC=C[C@H](C)N(C1)C2=O.C[C@H]1C=CC[C@H](N)CN1.C[C@H]1C=CC[C@H](NC(=O)OCc2ccccc2)CN1C(=O)OCc1ccccc1.O=CO[O-].O=[Se]=O.[Na+]. The largest absolute Gasteiger partial charge is 1.00 e. The Balaban J connectivity index is 0.000000246. The number of amides is 7. The van der Waals surface area contributed by atoms with Gasteiger partial charge in [-0.1, -0.05) is 161 Å². The smallest absolute Gasteiger partial charge is 1.00 e. The van der Waals surface area contributed by atoms with Gasteiger partial charge >= 0.3 is 70.2 Å². The third kappa shape index (κ3) is 34.1. The molecule has 0 saturated carbocycles. The summed E-state index contributed by atoms with van der Waals surface area (Å²) in [6.45, 7) is 15.3. The van der Waals surface area contributed by atoms with Crippen molar-refractivity contribution in [2.45, 2.75) is 187 Å². The molecular weight excluding hydrogens is 1960 g/mol. The Labute approximate surface area is 847 Å². The quantitative estimate of drug-likeness (QED) is 0.00308. The standard InChI is InChI=1S/C25H25F2N3O5.C25H27F2N3O4.C23H26N2O4.C19H19F2NO6.C7H14N2.CH2O3.Na.O2Se/c1-3-4-9-35-23-21-25(34)29-13-19(20(31)8-5-14(29)2)30(21)12-17(22(23)32)24(33)28-11-15-6-7-16(26)10-18(15)27;1-3-4-10-34-23-21-25(33)29-13-18(7-5-6-15(29)2)30(21)14-19(22(23)31)24(32)28-12-16-8-9-17(26)11-20(16)27;1-18-9-8-14-21(24-22(26)28-16-19-10-4-2-5-11-19)15-25(18)23(27)29-17-20-12-6-3-7-13-20;1-3-4-7-27-16-15(23)13(10-28-17(16)19(25)26-2)18(24)22-9-11-5-6-12(20)8-14(11)21;1-6-3-2-4-7(8)5-9-6;2-1-4-3;;1-3-2/h5-8,10,12,14,19H,3-4,9,11,13H2,1-2H3,(H,28,33);5-6,8-9,11,14-15,18H,3-4,7,10,12-13H2,1-2H3,(H,28,32);2-13,18,21H,14-17H2,1H3,(H,24,26);5-6,8,10H,3-4,7,9H2,1-2H3,(H,22,24);2-3,6-7,9H,4-5,8H2,1H3;1,3H;;/q;;;;;;+1;/p-1/t14-,19+;15-,18-;18-,21-;;6-,7-;;;/m000.0.../s1. The molecule has 0 aliphatic carbocycles. The van der Waals surface area contributed by atoms with Gasteiger partial charge in [0.05, 0.1) is 45.1 Å². The minimum Gasteiger partial charge on any atom is 1.00 e. The van der Waals surface area contributed by atoms with Crippen molar-refractivity contribution < 1.29 is 154 Å². The summed E-state index contributed by atoms with van der Waals surface area (Å²) in [5.41, 5.74) is 4.43. The van der Waals surface area contributed by atoms with Crippen molar-refractivity contribution in [1.29, 1.82) is 0 Å². The van der Waals surface area contributed by atoms with Crippen molar-refractivity contribution in [3.8, 4) is 17.2 Å². The Morgan fingerprint density at radius 3 is 1.47 bits per heavy atom. The number of allylic oxidation sites excluding steroid dienone is 2. The van der Waals surface area contributed by atoms with Gasteiger partial charge in [0.15, 0.2) is 28.7 Å². The van der Waals surface area contributed by atoms with E-state index < -0.39 is 131 Å². The average molecular weight is 2070 g/mol. The number of hydrogen-bond donors (Lipinski definition) is 6. The zero-order valence-corrected chi connectivity index (χ0v) is 83.9. The number of nitrogens with one attached hydrogen (secondary N) is 5. The molecule has 7 amide bonds. The van der Waals surface area contributed by atoms with Gasteiger partial charge in [-0.25, -0.2) is 40.7 Å². The molecule has 3 aromatic heterocycles. The molecule has 7 N–H and O–H groups in total. The maximum atomic E-state index is 14.0. The molecule has 143 heavy (non-hydrogen) atoms. The van der Waals surface area contributed by atoms with E-state index in [1.165, 1.54) is 46.1 Å². The molecule has 0 saturated heterocycles. The number of methoxy groups -OCH3 is 1. The number of unbranched alkanes of at least 4 members (excludes halogenated alkanes) is 3. The summed E-state index contributed by atoms with van der Waals surface area (Å²) in [7, 11) is 1.11. The number of pyridine rings is 2. The molecule has 0 radical (unpaired) electrons. The van der Waals surface area contributed by atoms with E-state index in [0.717, 1.165) is 81.0 Å². The third-order valence-corrected chi connectivity index (χ3v) is 22.5. The zero-order chi connectivity index (χ0) is 104. The number of carbonyl (C=O) groups excluding carboxylic acids is 10. The van der Waals surface area contributed by atoms with Gasteiger partial charge in [-0.2, -0.15) is 0 Å². The van der Waals surface area contributed by atoms with Crippen molar-refractivity contribution in [2.24, 2.45) is 5.73 Å². The summed E-state index contributed by atoms with van der Waals surface area (Å²) >= 11 is -1.62. The number of rotatable bonds is 28. The van der Waals surface area contributed by atoms with Crippen molar-refractivity contribution in [3.63, 3.8) is 0 Å². The normalized spacial score (nSPS) is 17.4. The fourth-order valence-corrected chi connectivity index (χ4v) is 14.7. The monoisotopic (exact) mass is 2070 g/mol. The molecule has 4 bridgehead atoms. The van der Waals surface area contributed by atoms with Gasteiger partial charge in [0.1, 0.15) is 77.1 Å². The number of esters is 1. The molecule has 6 aliphatic rings. The molecule has 9 heterocycles. The van der Waals surface area contributed by atoms with Crippen LogP contribution >= 0.6 is 0 Å². The van der Waals surface area contributed by atoms with E-state index in [9.17, 15) is 83.9 Å². The Bertz CT molecular complexity index is 6090. The first-order valence-electron chi connectivity index (χ1n) is 45.4. The van der Waals surface area contributed by atoms with E-state index in [2.05, 4.69) is 55.3 Å². The average Bonchev–Trinajstić information content (AvgIpc) is 1.73. The summed E-state index contributed by atoms with van der Waals surface area (Å²) < 4.78 is 138. The molecule has 6 aliphatic heterocycles. The molecule has 760 valence electrons. The van der Waals surface area contributed by atoms with Crippen molar-refractivity contribution in [2.75, 3.05) is 53.1 Å². The predicted octanol–water partition coefficient (Wildman–Crippen LogP) is 8.49. The first-order valence-corrected chi connectivity index (χ1v) is 46.8. The van der Waals surface area contributed by atoms with E-state index in [1.54, 1.807) is 27.4 Å². The number of halogens is 6. The first kappa shape index (κ1) is 116. The van der Waals surface area contributed by atoms with Crippen molar-refractivity contribution in [1.82, 2.24) is 50.4 Å². The number of alkyl carbamates (subject to hydrolysis) is 1. The molecule has 0 unspecified atom stereocenters. The fourth-order valence-electron chi connectivity index (χ4n) is 14.7. The Morgan fingerprint density at radius 2 is 0.986 bits per heavy atom. The van der Waals surface area contributed by atoms with E-state index in [-0.39, 0.29) is 188 Å².